The number of halogens is 1. The quantitative estimate of drug-likeness (QED) is 0.919. The fourth-order valence-corrected chi connectivity index (χ4v) is 1.99. The van der Waals surface area contributed by atoms with Crippen LogP contribution in [0.1, 0.15) is 23.0 Å². The molecule has 0 spiro atoms. The molecule has 118 valence electrons. The van der Waals surface area contributed by atoms with Gasteiger partial charge in [0.2, 0.25) is 0 Å². The van der Waals surface area contributed by atoms with Crippen molar-refractivity contribution in [1.29, 1.82) is 0 Å². The maximum Gasteiger partial charge on any atom is 0.272 e. The van der Waals surface area contributed by atoms with Gasteiger partial charge in [-0.2, -0.15) is 0 Å². The summed E-state index contributed by atoms with van der Waals surface area (Å²) in [4.78, 5) is 18.0. The molecule has 2 rings (SSSR count). The molecule has 0 saturated carbocycles. The van der Waals surface area contributed by atoms with Crippen LogP contribution >= 0.6 is 12.4 Å². The van der Waals surface area contributed by atoms with Crippen molar-refractivity contribution >= 4 is 24.0 Å². The third-order valence-electron chi connectivity index (χ3n) is 3.03. The van der Waals surface area contributed by atoms with E-state index in [0.717, 1.165) is 11.3 Å². The average molecular weight is 322 g/mol. The minimum atomic E-state index is -0.152. The molecule has 1 aromatic heterocycles. The van der Waals surface area contributed by atoms with Gasteiger partial charge in [0.25, 0.3) is 5.91 Å². The van der Waals surface area contributed by atoms with E-state index < -0.39 is 0 Å². The Morgan fingerprint density at radius 2 is 2.00 bits per heavy atom. The molecule has 1 heterocycles. The van der Waals surface area contributed by atoms with Crippen molar-refractivity contribution in [2.45, 2.75) is 13.5 Å². The zero-order valence-corrected chi connectivity index (χ0v) is 13.5. The van der Waals surface area contributed by atoms with Gasteiger partial charge in [-0.15, -0.1) is 12.4 Å². The number of ether oxygens (including phenoxy) is 1. The molecule has 0 bridgehead atoms. The van der Waals surface area contributed by atoms with E-state index in [4.69, 9.17) is 10.5 Å². The predicted octanol–water partition coefficient (Wildman–Crippen LogP) is 2.76. The van der Waals surface area contributed by atoms with Gasteiger partial charge in [0.15, 0.2) is 0 Å². The molecule has 0 aliphatic heterocycles. The Hall–Kier alpha value is -2.27. The number of pyridine rings is 1. The molecule has 1 aromatic carbocycles. The number of amides is 1. The van der Waals surface area contributed by atoms with E-state index in [9.17, 15) is 4.79 Å². The maximum absolute atomic E-state index is 12.3. The molecule has 6 heteroatoms. The fraction of sp³-hybridized carbons (Fsp3) is 0.250. The van der Waals surface area contributed by atoms with Crippen LogP contribution in [0.5, 0.6) is 5.75 Å². The van der Waals surface area contributed by atoms with Crippen molar-refractivity contribution in [2.75, 3.05) is 19.4 Å². The van der Waals surface area contributed by atoms with Gasteiger partial charge in [-0.25, -0.2) is 4.98 Å². The lowest BCUT2D eigenvalue weighted by molar-refractivity contribution is 0.0778. The summed E-state index contributed by atoms with van der Waals surface area (Å²) in [5.41, 5.74) is 7.45. The Kier molecular flexibility index (Phi) is 6.66. The molecular formula is C16H20ClN3O2. The number of benzene rings is 1. The van der Waals surface area contributed by atoms with E-state index in [2.05, 4.69) is 4.98 Å². The minimum Gasteiger partial charge on any atom is -0.494 e. The van der Waals surface area contributed by atoms with Crippen LogP contribution in [-0.4, -0.2) is 29.4 Å². The first-order valence-electron chi connectivity index (χ1n) is 6.79. The van der Waals surface area contributed by atoms with Crippen molar-refractivity contribution in [3.05, 3.63) is 53.9 Å². The van der Waals surface area contributed by atoms with Gasteiger partial charge in [0.1, 0.15) is 11.4 Å². The lowest BCUT2D eigenvalue weighted by Gasteiger charge is -2.19. The van der Waals surface area contributed by atoms with Crippen LogP contribution in [0, 0.1) is 0 Å². The lowest BCUT2D eigenvalue weighted by Crippen LogP contribution is -2.27. The summed E-state index contributed by atoms with van der Waals surface area (Å²) in [6.07, 6.45) is 1.48. The van der Waals surface area contributed by atoms with E-state index in [-0.39, 0.29) is 18.3 Å². The van der Waals surface area contributed by atoms with Gasteiger partial charge in [-0.1, -0.05) is 18.2 Å². The molecular weight excluding hydrogens is 302 g/mol. The number of nitrogen functional groups attached to an aromatic ring is 1. The standard InChI is InChI=1S/C16H19N3O2.ClH/c1-3-21-15-7-5-4-6-12(15)11-19(2)16(20)14-9-8-13(17)10-18-14;/h4-10H,3,11,17H2,1-2H3;1H. The number of carbonyl (C=O) groups is 1. The Morgan fingerprint density at radius 1 is 1.27 bits per heavy atom. The van der Waals surface area contributed by atoms with Gasteiger partial charge < -0.3 is 15.4 Å². The Bertz CT molecular complexity index is 617. The second kappa shape index (κ2) is 8.24. The van der Waals surface area contributed by atoms with Crippen LogP contribution in [0.3, 0.4) is 0 Å². The van der Waals surface area contributed by atoms with Gasteiger partial charge in [-0.05, 0) is 25.1 Å². The molecule has 0 saturated heterocycles. The van der Waals surface area contributed by atoms with Gasteiger partial charge in [0.05, 0.1) is 18.5 Å². The summed E-state index contributed by atoms with van der Waals surface area (Å²) >= 11 is 0. The van der Waals surface area contributed by atoms with Crippen LogP contribution in [0.2, 0.25) is 0 Å². The smallest absolute Gasteiger partial charge is 0.272 e. The van der Waals surface area contributed by atoms with Crippen molar-refractivity contribution < 1.29 is 9.53 Å². The number of hydrogen-bond acceptors (Lipinski definition) is 4. The third kappa shape index (κ3) is 4.36. The zero-order valence-electron chi connectivity index (χ0n) is 12.7. The summed E-state index contributed by atoms with van der Waals surface area (Å²) in [5.74, 6) is 0.645. The van der Waals surface area contributed by atoms with E-state index in [0.29, 0.717) is 24.5 Å². The normalized spacial score (nSPS) is 9.73. The monoisotopic (exact) mass is 321 g/mol. The second-order valence-corrected chi connectivity index (χ2v) is 4.68. The third-order valence-corrected chi connectivity index (χ3v) is 3.03. The first kappa shape index (κ1) is 17.8. The van der Waals surface area contributed by atoms with Gasteiger partial charge >= 0.3 is 0 Å². The number of para-hydroxylation sites is 1. The van der Waals surface area contributed by atoms with Crippen LogP contribution in [0.25, 0.3) is 0 Å². The molecule has 0 unspecified atom stereocenters. The highest BCUT2D eigenvalue weighted by molar-refractivity contribution is 5.92. The molecule has 0 aliphatic rings. The van der Waals surface area contributed by atoms with Crippen LogP contribution in [0.4, 0.5) is 5.69 Å². The maximum atomic E-state index is 12.3. The van der Waals surface area contributed by atoms with Gasteiger partial charge in [-0.3, -0.25) is 4.79 Å². The first-order chi connectivity index (χ1) is 10.1. The van der Waals surface area contributed by atoms with Crippen LogP contribution < -0.4 is 10.5 Å². The minimum absolute atomic E-state index is 0. The van der Waals surface area contributed by atoms with Crippen molar-refractivity contribution in [3.63, 3.8) is 0 Å². The molecule has 22 heavy (non-hydrogen) atoms. The second-order valence-electron chi connectivity index (χ2n) is 4.68. The number of nitrogens with two attached hydrogens (primary N) is 1. The Balaban J connectivity index is 0.00000242. The lowest BCUT2D eigenvalue weighted by atomic mass is 10.2. The summed E-state index contributed by atoms with van der Waals surface area (Å²) < 4.78 is 5.57. The number of carbonyl (C=O) groups excluding carboxylic acids is 1. The van der Waals surface area contributed by atoms with E-state index >= 15 is 0 Å². The molecule has 0 atom stereocenters. The molecule has 2 N–H and O–H groups in total. The van der Waals surface area contributed by atoms with E-state index in [1.807, 2.05) is 31.2 Å². The summed E-state index contributed by atoms with van der Waals surface area (Å²) in [6, 6.07) is 11.0. The van der Waals surface area contributed by atoms with Crippen molar-refractivity contribution in [2.24, 2.45) is 0 Å². The van der Waals surface area contributed by atoms with E-state index in [1.165, 1.54) is 6.20 Å². The molecule has 0 radical (unpaired) electrons. The predicted molar refractivity (Wildman–Crippen MR) is 89.3 cm³/mol. The number of rotatable bonds is 5. The Labute approximate surface area is 136 Å². The summed E-state index contributed by atoms with van der Waals surface area (Å²) in [7, 11) is 1.74. The SMILES string of the molecule is CCOc1ccccc1CN(C)C(=O)c1ccc(N)cn1.Cl. The van der Waals surface area contributed by atoms with Crippen LogP contribution in [0.15, 0.2) is 42.6 Å². The average Bonchev–Trinajstić information content (AvgIpc) is 2.49. The number of hydrogen-bond donors (Lipinski definition) is 1. The highest BCUT2D eigenvalue weighted by Gasteiger charge is 2.15. The number of anilines is 1. The fourth-order valence-electron chi connectivity index (χ4n) is 1.99. The highest BCUT2D eigenvalue weighted by Crippen LogP contribution is 2.20. The van der Waals surface area contributed by atoms with Crippen LogP contribution in [-0.2, 0) is 6.54 Å². The van der Waals surface area contributed by atoms with Gasteiger partial charge in [0, 0.05) is 19.2 Å². The van der Waals surface area contributed by atoms with Crippen molar-refractivity contribution in [3.8, 4) is 5.75 Å². The van der Waals surface area contributed by atoms with E-state index in [1.54, 1.807) is 24.1 Å². The topological polar surface area (TPSA) is 68.5 Å². The molecule has 0 aliphatic carbocycles. The summed E-state index contributed by atoms with van der Waals surface area (Å²) in [6.45, 7) is 2.99. The number of nitrogens with zero attached hydrogens (tertiary/aromatic N) is 2. The first-order valence-corrected chi connectivity index (χ1v) is 6.79. The largest absolute Gasteiger partial charge is 0.494 e. The molecule has 2 aromatic rings. The zero-order chi connectivity index (χ0) is 15.2. The Morgan fingerprint density at radius 3 is 2.64 bits per heavy atom. The highest BCUT2D eigenvalue weighted by atomic mass is 35.5. The molecule has 5 nitrogen and oxygen atoms in total. The van der Waals surface area contributed by atoms with Crippen molar-refractivity contribution in [1.82, 2.24) is 9.88 Å². The molecule has 0 fully saturated rings. The number of aromatic nitrogens is 1. The summed E-state index contributed by atoms with van der Waals surface area (Å²) in [5, 5.41) is 0. The molecule has 1 amide bonds.